The van der Waals surface area contributed by atoms with Crippen LogP contribution in [0.1, 0.15) is 5.69 Å². The molecule has 3 heterocycles. The van der Waals surface area contributed by atoms with Crippen LogP contribution in [-0.4, -0.2) is 19.9 Å². The summed E-state index contributed by atoms with van der Waals surface area (Å²) in [7, 11) is 0. The molecule has 0 N–H and O–H groups in total. The Balaban J connectivity index is 2.06. The van der Waals surface area contributed by atoms with Crippen LogP contribution in [0.15, 0.2) is 33.9 Å². The third kappa shape index (κ3) is 2.31. The summed E-state index contributed by atoms with van der Waals surface area (Å²) in [6, 6.07) is 3.84. The molecular formula is C11H7ClN4S2. The van der Waals surface area contributed by atoms with Crippen molar-refractivity contribution in [2.24, 2.45) is 0 Å². The van der Waals surface area contributed by atoms with E-state index in [2.05, 4.69) is 19.9 Å². The summed E-state index contributed by atoms with van der Waals surface area (Å²) in [5, 5.41) is 4.66. The molecule has 0 saturated heterocycles. The van der Waals surface area contributed by atoms with Crippen LogP contribution in [0.2, 0.25) is 5.28 Å². The molecule has 3 rings (SSSR count). The van der Waals surface area contributed by atoms with Gasteiger partial charge in [0.25, 0.3) is 0 Å². The Morgan fingerprint density at radius 3 is 2.94 bits per heavy atom. The average molecular weight is 295 g/mol. The van der Waals surface area contributed by atoms with Gasteiger partial charge in [0.05, 0.1) is 0 Å². The van der Waals surface area contributed by atoms with Gasteiger partial charge in [-0.2, -0.15) is 0 Å². The standard InChI is InChI=1S/C11H7ClN4S2/c1-6-2-4-13-11(14-6)18-9-7-3-5-17-8(7)15-10(12)16-9/h2-5H,1H3. The van der Waals surface area contributed by atoms with Gasteiger partial charge in [0.1, 0.15) is 9.86 Å². The van der Waals surface area contributed by atoms with Gasteiger partial charge in [-0.05, 0) is 47.8 Å². The number of hydrogen-bond donors (Lipinski definition) is 0. The number of hydrogen-bond acceptors (Lipinski definition) is 6. The zero-order chi connectivity index (χ0) is 12.5. The summed E-state index contributed by atoms with van der Waals surface area (Å²) in [5.41, 5.74) is 0.925. The molecular weight excluding hydrogens is 288 g/mol. The fourth-order valence-electron chi connectivity index (χ4n) is 1.44. The molecule has 0 aliphatic rings. The quantitative estimate of drug-likeness (QED) is 0.534. The smallest absolute Gasteiger partial charge is 0.224 e. The van der Waals surface area contributed by atoms with E-state index in [1.165, 1.54) is 23.1 Å². The molecule has 0 saturated carbocycles. The summed E-state index contributed by atoms with van der Waals surface area (Å²) >= 11 is 8.85. The third-order valence-electron chi connectivity index (χ3n) is 2.22. The van der Waals surface area contributed by atoms with E-state index in [0.717, 1.165) is 20.9 Å². The largest absolute Gasteiger partial charge is 0.231 e. The Morgan fingerprint density at radius 2 is 2.11 bits per heavy atom. The van der Waals surface area contributed by atoms with Crippen molar-refractivity contribution in [1.29, 1.82) is 0 Å². The van der Waals surface area contributed by atoms with Crippen LogP contribution in [0.25, 0.3) is 10.2 Å². The molecule has 0 unspecified atom stereocenters. The highest BCUT2D eigenvalue weighted by atomic mass is 35.5. The molecule has 0 aliphatic carbocycles. The summed E-state index contributed by atoms with van der Waals surface area (Å²) in [5.74, 6) is 0. The predicted molar refractivity (Wildman–Crippen MR) is 73.3 cm³/mol. The fourth-order valence-corrected chi connectivity index (χ4v) is 3.42. The number of halogens is 1. The monoisotopic (exact) mass is 294 g/mol. The van der Waals surface area contributed by atoms with Crippen LogP contribution in [0.4, 0.5) is 0 Å². The molecule has 18 heavy (non-hydrogen) atoms. The number of thiophene rings is 1. The first-order valence-corrected chi connectivity index (χ1v) is 7.18. The Kier molecular flexibility index (Phi) is 3.15. The van der Waals surface area contributed by atoms with Gasteiger partial charge in [-0.25, -0.2) is 19.9 Å². The lowest BCUT2D eigenvalue weighted by molar-refractivity contribution is 0.928. The molecule has 0 spiro atoms. The maximum Gasteiger partial charge on any atom is 0.224 e. The summed E-state index contributed by atoms with van der Waals surface area (Å²) in [4.78, 5) is 17.8. The van der Waals surface area contributed by atoms with E-state index in [4.69, 9.17) is 11.6 Å². The predicted octanol–water partition coefficient (Wildman–Crippen LogP) is 3.59. The SMILES string of the molecule is Cc1ccnc(Sc2nc(Cl)nc3sccc23)n1. The second kappa shape index (κ2) is 4.79. The molecule has 3 aromatic heterocycles. The first kappa shape index (κ1) is 11.8. The molecule has 7 heteroatoms. The maximum absolute atomic E-state index is 5.91. The Hall–Kier alpha value is -1.24. The minimum Gasteiger partial charge on any atom is -0.231 e. The van der Waals surface area contributed by atoms with Crippen molar-refractivity contribution < 1.29 is 0 Å². The highest BCUT2D eigenvalue weighted by molar-refractivity contribution is 7.99. The van der Waals surface area contributed by atoms with Crippen LogP contribution in [0, 0.1) is 6.92 Å². The number of aromatic nitrogens is 4. The lowest BCUT2D eigenvalue weighted by Gasteiger charge is -2.02. The molecule has 90 valence electrons. The topological polar surface area (TPSA) is 51.6 Å². The minimum atomic E-state index is 0.250. The van der Waals surface area contributed by atoms with E-state index < -0.39 is 0 Å². The van der Waals surface area contributed by atoms with E-state index >= 15 is 0 Å². The van der Waals surface area contributed by atoms with E-state index in [0.29, 0.717) is 5.16 Å². The molecule has 3 aromatic rings. The highest BCUT2D eigenvalue weighted by Crippen LogP contribution is 2.32. The van der Waals surface area contributed by atoms with Gasteiger partial charge in [-0.15, -0.1) is 11.3 Å². The molecule has 0 atom stereocenters. The van der Waals surface area contributed by atoms with E-state index in [1.807, 2.05) is 24.4 Å². The van der Waals surface area contributed by atoms with Crippen LogP contribution in [0.5, 0.6) is 0 Å². The van der Waals surface area contributed by atoms with Gasteiger partial charge in [0.15, 0.2) is 5.16 Å². The van der Waals surface area contributed by atoms with Gasteiger partial charge in [0, 0.05) is 17.3 Å². The minimum absolute atomic E-state index is 0.250. The lowest BCUT2D eigenvalue weighted by atomic mass is 10.4. The second-order valence-corrected chi connectivity index (χ2v) is 5.71. The highest BCUT2D eigenvalue weighted by Gasteiger charge is 2.10. The van der Waals surface area contributed by atoms with Crippen molar-refractivity contribution in [3.63, 3.8) is 0 Å². The van der Waals surface area contributed by atoms with Crippen molar-refractivity contribution >= 4 is 44.9 Å². The second-order valence-electron chi connectivity index (χ2n) is 3.52. The fraction of sp³-hybridized carbons (Fsp3) is 0.0909. The molecule has 0 radical (unpaired) electrons. The number of rotatable bonds is 2. The molecule has 0 fully saturated rings. The summed E-state index contributed by atoms with van der Waals surface area (Å²) in [6.07, 6.45) is 1.73. The zero-order valence-electron chi connectivity index (χ0n) is 9.29. The Labute approximate surface area is 116 Å². The maximum atomic E-state index is 5.91. The average Bonchev–Trinajstić information content (AvgIpc) is 2.77. The molecule has 0 bridgehead atoms. The Morgan fingerprint density at radius 1 is 1.22 bits per heavy atom. The zero-order valence-corrected chi connectivity index (χ0v) is 11.7. The lowest BCUT2D eigenvalue weighted by Crippen LogP contribution is -1.91. The molecule has 0 amide bonds. The van der Waals surface area contributed by atoms with Crippen LogP contribution >= 0.6 is 34.7 Å². The first-order chi connectivity index (χ1) is 8.72. The van der Waals surface area contributed by atoms with Gasteiger partial charge >= 0.3 is 0 Å². The van der Waals surface area contributed by atoms with E-state index in [1.54, 1.807) is 6.20 Å². The number of aryl methyl sites for hydroxylation is 1. The molecule has 0 aromatic carbocycles. The van der Waals surface area contributed by atoms with Crippen LogP contribution in [0.3, 0.4) is 0 Å². The van der Waals surface area contributed by atoms with Crippen molar-refractivity contribution in [3.05, 3.63) is 34.7 Å². The van der Waals surface area contributed by atoms with Gasteiger partial charge in [-0.1, -0.05) is 0 Å². The Bertz CT molecular complexity index is 713. The molecule has 4 nitrogen and oxygen atoms in total. The van der Waals surface area contributed by atoms with Gasteiger partial charge in [0.2, 0.25) is 5.28 Å². The number of nitrogens with zero attached hydrogens (tertiary/aromatic N) is 4. The van der Waals surface area contributed by atoms with E-state index in [9.17, 15) is 0 Å². The van der Waals surface area contributed by atoms with Crippen molar-refractivity contribution in [2.45, 2.75) is 17.1 Å². The van der Waals surface area contributed by atoms with Crippen LogP contribution in [-0.2, 0) is 0 Å². The van der Waals surface area contributed by atoms with Gasteiger partial charge in [-0.3, -0.25) is 0 Å². The van der Waals surface area contributed by atoms with Crippen molar-refractivity contribution in [1.82, 2.24) is 19.9 Å². The molecule has 0 aliphatic heterocycles. The normalized spacial score (nSPS) is 11.0. The summed E-state index contributed by atoms with van der Waals surface area (Å²) in [6.45, 7) is 1.93. The van der Waals surface area contributed by atoms with Crippen molar-refractivity contribution in [2.75, 3.05) is 0 Å². The van der Waals surface area contributed by atoms with Gasteiger partial charge < -0.3 is 0 Å². The van der Waals surface area contributed by atoms with Crippen molar-refractivity contribution in [3.8, 4) is 0 Å². The summed E-state index contributed by atoms with van der Waals surface area (Å²) < 4.78 is 0. The first-order valence-electron chi connectivity index (χ1n) is 5.10. The van der Waals surface area contributed by atoms with Crippen LogP contribution < -0.4 is 0 Å². The van der Waals surface area contributed by atoms with E-state index in [-0.39, 0.29) is 5.28 Å². The number of fused-ring (bicyclic) bond motifs is 1. The third-order valence-corrected chi connectivity index (χ3v) is 4.08.